The van der Waals surface area contributed by atoms with E-state index in [0.717, 1.165) is 6.42 Å². The molecule has 2 amide bonds. The van der Waals surface area contributed by atoms with E-state index in [1.165, 1.54) is 0 Å². The van der Waals surface area contributed by atoms with Gasteiger partial charge in [0, 0.05) is 17.5 Å². The minimum Gasteiger partial charge on any atom is -0.370 e. The lowest BCUT2D eigenvalue weighted by molar-refractivity contribution is -0.123. The van der Waals surface area contributed by atoms with E-state index in [-0.39, 0.29) is 30.3 Å². The fourth-order valence-electron chi connectivity index (χ4n) is 1.33. The Morgan fingerprint density at radius 3 is 2.06 bits per heavy atom. The van der Waals surface area contributed by atoms with Crippen LogP contribution in [0, 0.1) is 0 Å². The van der Waals surface area contributed by atoms with Crippen molar-refractivity contribution in [2.75, 3.05) is 6.54 Å². The van der Waals surface area contributed by atoms with Gasteiger partial charge in [0.25, 0.3) is 0 Å². The first-order valence-electron chi connectivity index (χ1n) is 5.92. The average Bonchev–Trinajstić information content (AvgIpc) is 2.12. The molecular formula is C12H25N3O2. The number of carbonyl (C=O) groups is 2. The molecule has 0 aliphatic carbocycles. The summed E-state index contributed by atoms with van der Waals surface area (Å²) in [5.74, 6) is -0.453. The molecule has 0 bridgehead atoms. The summed E-state index contributed by atoms with van der Waals surface area (Å²) in [7, 11) is 0. The van der Waals surface area contributed by atoms with Gasteiger partial charge in [0.05, 0.1) is 6.54 Å². The molecule has 0 aliphatic rings. The summed E-state index contributed by atoms with van der Waals surface area (Å²) in [5.41, 5.74) is 4.47. The predicted molar refractivity (Wildman–Crippen MR) is 68.4 cm³/mol. The van der Waals surface area contributed by atoms with Crippen LogP contribution >= 0.6 is 0 Å². The van der Waals surface area contributed by atoms with Gasteiger partial charge in [0.1, 0.15) is 0 Å². The van der Waals surface area contributed by atoms with E-state index >= 15 is 0 Å². The van der Waals surface area contributed by atoms with E-state index in [1.807, 2.05) is 34.6 Å². The summed E-state index contributed by atoms with van der Waals surface area (Å²) in [4.78, 5) is 22.5. The molecular weight excluding hydrogens is 218 g/mol. The van der Waals surface area contributed by atoms with E-state index in [9.17, 15) is 9.59 Å². The minimum atomic E-state index is -0.459. The van der Waals surface area contributed by atoms with Gasteiger partial charge in [-0.2, -0.15) is 0 Å². The van der Waals surface area contributed by atoms with Crippen molar-refractivity contribution in [2.45, 2.75) is 58.5 Å². The van der Waals surface area contributed by atoms with E-state index in [1.54, 1.807) is 0 Å². The Bertz CT molecular complexity index is 285. The lowest BCUT2D eigenvalue weighted by Crippen LogP contribution is -2.51. The van der Waals surface area contributed by atoms with E-state index in [2.05, 4.69) is 10.6 Å². The molecule has 0 unspecified atom stereocenters. The van der Waals surface area contributed by atoms with Crippen molar-refractivity contribution in [3.63, 3.8) is 0 Å². The number of nitrogens with two attached hydrogens (primary N) is 1. The minimum absolute atomic E-state index is 0.0746. The molecule has 0 radical (unpaired) electrons. The third-order valence-electron chi connectivity index (χ3n) is 2.71. The van der Waals surface area contributed by atoms with Crippen molar-refractivity contribution in [2.24, 2.45) is 5.73 Å². The van der Waals surface area contributed by atoms with Gasteiger partial charge in [-0.25, -0.2) is 0 Å². The number of carbonyl (C=O) groups excluding carboxylic acids is 2. The Hall–Kier alpha value is -1.10. The first-order chi connectivity index (χ1) is 7.58. The second-order valence-electron chi connectivity index (χ2n) is 5.67. The quantitative estimate of drug-likeness (QED) is 0.610. The lowest BCUT2D eigenvalue weighted by atomic mass is 10.00. The van der Waals surface area contributed by atoms with E-state index in [4.69, 9.17) is 5.73 Å². The van der Waals surface area contributed by atoms with Gasteiger partial charge < -0.3 is 16.4 Å². The number of hydrogen-bond donors (Lipinski definition) is 3. The molecule has 5 heteroatoms. The zero-order valence-electron chi connectivity index (χ0n) is 11.5. The van der Waals surface area contributed by atoms with Crippen LogP contribution in [0.4, 0.5) is 0 Å². The first-order valence-corrected chi connectivity index (χ1v) is 5.92. The van der Waals surface area contributed by atoms with Gasteiger partial charge >= 0.3 is 0 Å². The summed E-state index contributed by atoms with van der Waals surface area (Å²) in [6, 6.07) is 0. The molecule has 4 N–H and O–H groups in total. The van der Waals surface area contributed by atoms with Gasteiger partial charge in [0.15, 0.2) is 0 Å². The molecule has 0 saturated heterocycles. The fraction of sp³-hybridized carbons (Fsp3) is 0.833. The molecule has 0 spiro atoms. The number of amides is 2. The third-order valence-corrected chi connectivity index (χ3v) is 2.71. The van der Waals surface area contributed by atoms with Crippen molar-refractivity contribution >= 4 is 11.8 Å². The number of primary amides is 1. The maximum Gasteiger partial charge on any atom is 0.234 e. The lowest BCUT2D eigenvalue weighted by Gasteiger charge is -2.28. The second kappa shape index (κ2) is 6.00. The zero-order valence-corrected chi connectivity index (χ0v) is 11.5. The second-order valence-corrected chi connectivity index (χ2v) is 5.67. The predicted octanol–water partition coefficient (Wildman–Crippen LogP) is 0.535. The summed E-state index contributed by atoms with van der Waals surface area (Å²) in [5, 5.41) is 5.94. The Balaban J connectivity index is 4.12. The van der Waals surface area contributed by atoms with Gasteiger partial charge in [0.2, 0.25) is 11.8 Å². The molecule has 0 rings (SSSR count). The van der Waals surface area contributed by atoms with Crippen LogP contribution in [0.25, 0.3) is 0 Å². The topological polar surface area (TPSA) is 84.2 Å². The summed E-state index contributed by atoms with van der Waals surface area (Å²) >= 11 is 0. The standard InChI is InChI=1S/C12H25N3O2/c1-6-11(2,3)15-10(17)8-14-12(4,5)7-9(13)16/h14H,6-8H2,1-5H3,(H2,13,16)(H,15,17). The smallest absolute Gasteiger partial charge is 0.234 e. The number of nitrogens with one attached hydrogen (secondary N) is 2. The van der Waals surface area contributed by atoms with Crippen LogP contribution in [-0.2, 0) is 9.59 Å². The van der Waals surface area contributed by atoms with Crippen molar-refractivity contribution in [1.82, 2.24) is 10.6 Å². The van der Waals surface area contributed by atoms with Crippen molar-refractivity contribution in [3.8, 4) is 0 Å². The molecule has 5 nitrogen and oxygen atoms in total. The van der Waals surface area contributed by atoms with Crippen LogP contribution in [0.2, 0.25) is 0 Å². The number of rotatable bonds is 7. The SMILES string of the molecule is CCC(C)(C)NC(=O)CNC(C)(C)CC(N)=O. The Labute approximate surface area is 104 Å². The average molecular weight is 243 g/mol. The van der Waals surface area contributed by atoms with E-state index < -0.39 is 5.54 Å². The molecule has 0 aromatic heterocycles. The summed E-state index contributed by atoms with van der Waals surface area (Å²) in [6.45, 7) is 9.83. The third kappa shape index (κ3) is 7.74. The monoisotopic (exact) mass is 243 g/mol. The Morgan fingerprint density at radius 2 is 1.65 bits per heavy atom. The maximum absolute atomic E-state index is 11.7. The molecule has 0 heterocycles. The first kappa shape index (κ1) is 15.9. The van der Waals surface area contributed by atoms with Crippen LogP contribution in [0.3, 0.4) is 0 Å². The fourth-order valence-corrected chi connectivity index (χ4v) is 1.33. The van der Waals surface area contributed by atoms with Crippen LogP contribution in [0.1, 0.15) is 47.5 Å². The Morgan fingerprint density at radius 1 is 1.12 bits per heavy atom. The molecule has 100 valence electrons. The van der Waals surface area contributed by atoms with Gasteiger partial charge in [-0.3, -0.25) is 9.59 Å². The molecule has 17 heavy (non-hydrogen) atoms. The van der Waals surface area contributed by atoms with Crippen LogP contribution in [0.15, 0.2) is 0 Å². The van der Waals surface area contributed by atoms with Crippen molar-refractivity contribution < 1.29 is 9.59 Å². The van der Waals surface area contributed by atoms with E-state index in [0.29, 0.717) is 0 Å². The highest BCUT2D eigenvalue weighted by molar-refractivity contribution is 5.79. The van der Waals surface area contributed by atoms with Crippen molar-refractivity contribution in [3.05, 3.63) is 0 Å². The highest BCUT2D eigenvalue weighted by Gasteiger charge is 2.22. The maximum atomic E-state index is 11.7. The van der Waals surface area contributed by atoms with Gasteiger partial charge in [-0.05, 0) is 34.1 Å². The highest BCUT2D eigenvalue weighted by Crippen LogP contribution is 2.08. The van der Waals surface area contributed by atoms with Gasteiger partial charge in [-0.15, -0.1) is 0 Å². The molecule has 0 saturated carbocycles. The molecule has 0 atom stereocenters. The van der Waals surface area contributed by atoms with Crippen molar-refractivity contribution in [1.29, 1.82) is 0 Å². The Kier molecular flexibility index (Phi) is 5.61. The van der Waals surface area contributed by atoms with Crippen LogP contribution < -0.4 is 16.4 Å². The zero-order chi connectivity index (χ0) is 13.7. The molecule has 0 aromatic carbocycles. The number of hydrogen-bond acceptors (Lipinski definition) is 3. The molecule has 0 aliphatic heterocycles. The highest BCUT2D eigenvalue weighted by atomic mass is 16.2. The van der Waals surface area contributed by atoms with Gasteiger partial charge in [-0.1, -0.05) is 6.92 Å². The normalized spacial score (nSPS) is 12.3. The largest absolute Gasteiger partial charge is 0.370 e. The van der Waals surface area contributed by atoms with Crippen LogP contribution in [-0.4, -0.2) is 29.4 Å². The summed E-state index contributed by atoms with van der Waals surface area (Å²) in [6.07, 6.45) is 1.07. The molecule has 0 aromatic rings. The molecule has 0 fully saturated rings. The van der Waals surface area contributed by atoms with Crippen LogP contribution in [0.5, 0.6) is 0 Å². The summed E-state index contributed by atoms with van der Waals surface area (Å²) < 4.78 is 0.